The van der Waals surface area contributed by atoms with Crippen LogP contribution in [0, 0.1) is 11.3 Å². The van der Waals surface area contributed by atoms with Crippen molar-refractivity contribution in [1.29, 1.82) is 5.26 Å². The summed E-state index contributed by atoms with van der Waals surface area (Å²) in [4.78, 5) is 6.58. The SMILES string of the molecule is N#Cc1cccc(-c2cc(-c3cccc(-c4ccccc4)n3)cc(-n3c4c(c5ccc(-c6cccc7c8c(sc67)C=CCC8)cc53)C=CCC4)c2)c1. The topological polar surface area (TPSA) is 41.6 Å². The molecule has 5 aromatic carbocycles. The van der Waals surface area contributed by atoms with E-state index in [1.54, 1.807) is 0 Å². The van der Waals surface area contributed by atoms with E-state index in [-0.39, 0.29) is 0 Å². The molecule has 0 unspecified atom stereocenters. The normalized spacial score (nSPS) is 13.3. The molecule has 10 rings (SSSR count). The number of thiophene rings is 1. The van der Waals surface area contributed by atoms with Gasteiger partial charge in [0.15, 0.2) is 0 Å². The third-order valence-corrected chi connectivity index (χ3v) is 11.8. The number of benzene rings is 5. The molecule has 0 spiro atoms. The van der Waals surface area contributed by atoms with Gasteiger partial charge in [-0.25, -0.2) is 4.98 Å². The third kappa shape index (κ3) is 5.13. The Labute approximate surface area is 307 Å². The van der Waals surface area contributed by atoms with Crippen molar-refractivity contribution in [2.45, 2.75) is 25.7 Å². The lowest BCUT2D eigenvalue weighted by Gasteiger charge is -2.17. The summed E-state index contributed by atoms with van der Waals surface area (Å²) in [6.45, 7) is 0. The fourth-order valence-corrected chi connectivity index (χ4v) is 9.41. The van der Waals surface area contributed by atoms with E-state index in [0.29, 0.717) is 5.56 Å². The number of pyridine rings is 1. The molecule has 0 amide bonds. The molecule has 0 bridgehead atoms. The summed E-state index contributed by atoms with van der Waals surface area (Å²) < 4.78 is 3.86. The van der Waals surface area contributed by atoms with E-state index in [2.05, 4.69) is 138 Å². The first-order valence-electron chi connectivity index (χ1n) is 18.0. The molecule has 0 radical (unpaired) electrons. The van der Waals surface area contributed by atoms with Crippen LogP contribution in [0.3, 0.4) is 0 Å². The van der Waals surface area contributed by atoms with E-state index in [9.17, 15) is 5.26 Å². The van der Waals surface area contributed by atoms with Crippen LogP contribution in [-0.4, -0.2) is 9.55 Å². The van der Waals surface area contributed by atoms with E-state index >= 15 is 0 Å². The number of rotatable bonds is 5. The number of nitrogens with zero attached hydrogens (tertiary/aromatic N) is 3. The van der Waals surface area contributed by atoms with Gasteiger partial charge in [-0.15, -0.1) is 11.3 Å². The third-order valence-electron chi connectivity index (χ3n) is 10.5. The van der Waals surface area contributed by atoms with Gasteiger partial charge < -0.3 is 4.57 Å². The van der Waals surface area contributed by atoms with Crippen LogP contribution in [-0.2, 0) is 12.8 Å². The van der Waals surface area contributed by atoms with Gasteiger partial charge in [0.05, 0.1) is 28.5 Å². The highest BCUT2D eigenvalue weighted by molar-refractivity contribution is 7.20. The molecule has 8 aromatic rings. The Balaban J connectivity index is 1.21. The molecule has 3 nitrogen and oxygen atoms in total. The van der Waals surface area contributed by atoms with Crippen molar-refractivity contribution >= 4 is 44.5 Å². The number of fused-ring (bicyclic) bond motifs is 6. The Morgan fingerprint density at radius 2 is 1.40 bits per heavy atom. The molecule has 0 saturated heterocycles. The molecule has 2 aliphatic rings. The number of nitriles is 1. The van der Waals surface area contributed by atoms with Gasteiger partial charge in [-0.05, 0) is 113 Å². The molecule has 0 fully saturated rings. The van der Waals surface area contributed by atoms with Crippen molar-refractivity contribution < 1.29 is 0 Å². The largest absolute Gasteiger partial charge is 0.313 e. The zero-order valence-corrected chi connectivity index (χ0v) is 29.3. The molecule has 3 heterocycles. The van der Waals surface area contributed by atoms with E-state index in [1.807, 2.05) is 35.6 Å². The average Bonchev–Trinajstić information content (AvgIpc) is 3.77. The lowest BCUT2D eigenvalue weighted by atomic mass is 9.97. The number of allylic oxidation sites excluding steroid dienone is 2. The summed E-state index contributed by atoms with van der Waals surface area (Å²) in [6, 6.07) is 47.5. The summed E-state index contributed by atoms with van der Waals surface area (Å²) in [6.07, 6.45) is 13.4. The van der Waals surface area contributed by atoms with Crippen LogP contribution in [0.5, 0.6) is 0 Å². The minimum atomic E-state index is 0.646. The Bertz CT molecular complexity index is 2810. The van der Waals surface area contributed by atoms with Crippen LogP contribution in [0.15, 0.2) is 140 Å². The monoisotopic (exact) mass is 683 g/mol. The summed E-state index contributed by atoms with van der Waals surface area (Å²) in [5, 5.41) is 12.4. The highest BCUT2D eigenvalue weighted by Crippen LogP contribution is 2.43. The van der Waals surface area contributed by atoms with Gasteiger partial charge in [-0.1, -0.05) is 97.1 Å². The number of aromatic nitrogens is 2. The molecular formula is C48H33N3S. The van der Waals surface area contributed by atoms with Crippen molar-refractivity contribution in [3.05, 3.63) is 167 Å². The van der Waals surface area contributed by atoms with E-state index in [4.69, 9.17) is 4.98 Å². The maximum Gasteiger partial charge on any atom is 0.0991 e. The molecule has 0 aliphatic heterocycles. The van der Waals surface area contributed by atoms with Crippen LogP contribution >= 0.6 is 11.3 Å². The van der Waals surface area contributed by atoms with Crippen molar-refractivity contribution in [1.82, 2.24) is 9.55 Å². The van der Waals surface area contributed by atoms with E-state index < -0.39 is 0 Å². The van der Waals surface area contributed by atoms with Crippen LogP contribution < -0.4 is 0 Å². The molecule has 52 heavy (non-hydrogen) atoms. The summed E-state index contributed by atoms with van der Waals surface area (Å²) >= 11 is 1.92. The molecule has 3 aromatic heterocycles. The van der Waals surface area contributed by atoms with E-state index in [0.717, 1.165) is 65.0 Å². The van der Waals surface area contributed by atoms with Gasteiger partial charge in [-0.2, -0.15) is 5.26 Å². The van der Waals surface area contributed by atoms with Crippen LogP contribution in [0.1, 0.15) is 40.1 Å². The average molecular weight is 684 g/mol. The minimum Gasteiger partial charge on any atom is -0.313 e. The minimum absolute atomic E-state index is 0.646. The first-order valence-corrected chi connectivity index (χ1v) is 18.8. The maximum atomic E-state index is 9.80. The zero-order valence-electron chi connectivity index (χ0n) is 28.5. The van der Waals surface area contributed by atoms with Crippen molar-refractivity contribution in [3.63, 3.8) is 0 Å². The Morgan fingerprint density at radius 3 is 2.31 bits per heavy atom. The Kier molecular flexibility index (Phi) is 7.34. The van der Waals surface area contributed by atoms with Gasteiger partial charge in [0.1, 0.15) is 0 Å². The Morgan fingerprint density at radius 1 is 0.615 bits per heavy atom. The van der Waals surface area contributed by atoms with Gasteiger partial charge in [-0.3, -0.25) is 0 Å². The lowest BCUT2D eigenvalue weighted by Crippen LogP contribution is -2.04. The fourth-order valence-electron chi connectivity index (χ4n) is 8.10. The maximum absolute atomic E-state index is 9.80. The number of hydrogen-bond acceptors (Lipinski definition) is 3. The zero-order chi connectivity index (χ0) is 34.6. The smallest absolute Gasteiger partial charge is 0.0991 e. The van der Waals surface area contributed by atoms with Gasteiger partial charge in [0, 0.05) is 43.0 Å². The van der Waals surface area contributed by atoms with Gasteiger partial charge >= 0.3 is 0 Å². The second-order valence-electron chi connectivity index (χ2n) is 13.7. The van der Waals surface area contributed by atoms with Crippen LogP contribution in [0.25, 0.3) is 83.6 Å². The van der Waals surface area contributed by atoms with Crippen molar-refractivity contribution in [2.75, 3.05) is 0 Å². The molecule has 0 saturated carbocycles. The molecule has 2 aliphatic carbocycles. The quantitative estimate of drug-likeness (QED) is 0.181. The summed E-state index contributed by atoms with van der Waals surface area (Å²) in [5.74, 6) is 0. The number of hydrogen-bond donors (Lipinski definition) is 0. The summed E-state index contributed by atoms with van der Waals surface area (Å²) in [5.41, 5.74) is 15.6. The lowest BCUT2D eigenvalue weighted by molar-refractivity contribution is 0.889. The second-order valence-corrected chi connectivity index (χ2v) is 14.7. The van der Waals surface area contributed by atoms with Crippen LogP contribution in [0.4, 0.5) is 0 Å². The second kappa shape index (κ2) is 12.5. The van der Waals surface area contributed by atoms with Crippen molar-refractivity contribution in [2.24, 2.45) is 0 Å². The fraction of sp³-hybridized carbons (Fsp3) is 0.0833. The standard InChI is InChI=1S/C48H33N3S/c49-30-31-11-8-14-33(25-31)35-26-36(44-20-10-19-43(50-44)32-12-2-1-3-13-32)28-37(27-35)51-45-21-6-4-15-39(45)40-24-23-34(29-46(40)51)38-17-9-18-42-41-16-5-7-22-47(41)52-48(38)42/h1-4,7-15,17-20,22-29H,5-6,16,21H2. The predicted molar refractivity (Wildman–Crippen MR) is 218 cm³/mol. The van der Waals surface area contributed by atoms with Gasteiger partial charge in [0.2, 0.25) is 0 Å². The Hall–Kier alpha value is -6.28. The molecule has 0 N–H and O–H groups in total. The van der Waals surface area contributed by atoms with E-state index in [1.165, 1.54) is 53.8 Å². The molecule has 4 heteroatoms. The van der Waals surface area contributed by atoms with Crippen molar-refractivity contribution in [3.8, 4) is 56.5 Å². The predicted octanol–water partition coefficient (Wildman–Crippen LogP) is 12.7. The highest BCUT2D eigenvalue weighted by Gasteiger charge is 2.22. The van der Waals surface area contributed by atoms with Crippen LogP contribution in [0.2, 0.25) is 0 Å². The highest BCUT2D eigenvalue weighted by atomic mass is 32.1. The molecular weight excluding hydrogens is 651 g/mol. The first-order chi connectivity index (χ1) is 25.7. The summed E-state index contributed by atoms with van der Waals surface area (Å²) in [7, 11) is 0. The van der Waals surface area contributed by atoms with Gasteiger partial charge in [0.25, 0.3) is 0 Å². The molecule has 0 atom stereocenters. The number of aryl methyl sites for hydroxylation is 1. The first kappa shape index (κ1) is 30.5. The molecule has 246 valence electrons.